The first-order valence-corrected chi connectivity index (χ1v) is 7.65. The number of pyridine rings is 1. The zero-order chi connectivity index (χ0) is 12.1. The summed E-state index contributed by atoms with van der Waals surface area (Å²) in [6.45, 7) is 1.06. The highest BCUT2D eigenvalue weighted by molar-refractivity contribution is 7.98. The maximum atomic E-state index is 11.3. The fourth-order valence-corrected chi connectivity index (χ4v) is 2.84. The number of aromatic amines is 1. The topological polar surface area (TPSA) is 44.9 Å². The van der Waals surface area contributed by atoms with E-state index in [2.05, 4.69) is 16.6 Å². The first-order chi connectivity index (χ1) is 8.31. The van der Waals surface area contributed by atoms with Crippen molar-refractivity contribution in [3.8, 4) is 0 Å². The predicted octanol–water partition coefficient (Wildman–Crippen LogP) is 2.09. The number of hydrogen-bond acceptors (Lipinski definition) is 3. The lowest BCUT2D eigenvalue weighted by Gasteiger charge is -2.26. The number of rotatable bonds is 5. The summed E-state index contributed by atoms with van der Waals surface area (Å²) < 4.78 is 0. The summed E-state index contributed by atoms with van der Waals surface area (Å²) in [6.07, 6.45) is 6.69. The molecule has 17 heavy (non-hydrogen) atoms. The minimum Gasteiger partial charge on any atom is -0.326 e. The molecule has 1 aliphatic rings. The molecule has 1 heterocycles. The van der Waals surface area contributed by atoms with E-state index in [0.717, 1.165) is 25.1 Å². The van der Waals surface area contributed by atoms with Crippen LogP contribution in [0, 0.1) is 0 Å². The highest BCUT2D eigenvalue weighted by atomic mass is 32.2. The van der Waals surface area contributed by atoms with E-state index in [0.29, 0.717) is 6.04 Å². The van der Waals surface area contributed by atoms with Gasteiger partial charge in [-0.15, -0.1) is 0 Å². The number of thioether (sulfide) groups is 1. The summed E-state index contributed by atoms with van der Waals surface area (Å²) in [7, 11) is 0. The summed E-state index contributed by atoms with van der Waals surface area (Å²) in [5.74, 6) is 1.21. The van der Waals surface area contributed by atoms with Crippen molar-refractivity contribution in [3.05, 3.63) is 33.7 Å². The van der Waals surface area contributed by atoms with Crippen LogP contribution in [0.5, 0.6) is 0 Å². The molecule has 0 saturated carbocycles. The first-order valence-electron chi connectivity index (χ1n) is 6.25. The van der Waals surface area contributed by atoms with Crippen molar-refractivity contribution in [2.75, 3.05) is 18.6 Å². The highest BCUT2D eigenvalue weighted by Crippen LogP contribution is 2.27. The standard InChI is InChI=1S/C13H20N2OS/c1-17-9-3-8-14-11-4-2-5-12-10(11)6-7-13(16)15-12/h6-7,11,14H,2-5,8-9H2,1H3,(H,15,16). The van der Waals surface area contributed by atoms with Crippen LogP contribution in [0.3, 0.4) is 0 Å². The van der Waals surface area contributed by atoms with E-state index < -0.39 is 0 Å². The number of nitrogens with one attached hydrogen (secondary N) is 2. The lowest BCUT2D eigenvalue weighted by atomic mass is 9.91. The molecule has 1 atom stereocenters. The van der Waals surface area contributed by atoms with Crippen LogP contribution in [0.25, 0.3) is 0 Å². The van der Waals surface area contributed by atoms with E-state index in [-0.39, 0.29) is 5.56 Å². The van der Waals surface area contributed by atoms with Gasteiger partial charge in [-0.25, -0.2) is 0 Å². The van der Waals surface area contributed by atoms with E-state index in [1.165, 1.54) is 24.2 Å². The molecule has 0 bridgehead atoms. The maximum absolute atomic E-state index is 11.3. The number of aromatic nitrogens is 1. The van der Waals surface area contributed by atoms with Crippen LogP contribution >= 0.6 is 11.8 Å². The molecule has 0 aliphatic heterocycles. The second-order valence-electron chi connectivity index (χ2n) is 4.50. The van der Waals surface area contributed by atoms with Crippen molar-refractivity contribution in [2.24, 2.45) is 0 Å². The maximum Gasteiger partial charge on any atom is 0.248 e. The van der Waals surface area contributed by atoms with Crippen molar-refractivity contribution in [2.45, 2.75) is 31.7 Å². The second-order valence-corrected chi connectivity index (χ2v) is 5.49. The molecule has 0 radical (unpaired) electrons. The normalized spacial score (nSPS) is 19.0. The summed E-state index contributed by atoms with van der Waals surface area (Å²) in [5, 5.41) is 3.60. The lowest BCUT2D eigenvalue weighted by molar-refractivity contribution is 0.455. The average Bonchev–Trinajstić information content (AvgIpc) is 2.34. The quantitative estimate of drug-likeness (QED) is 0.789. The molecule has 1 aromatic heterocycles. The van der Waals surface area contributed by atoms with Gasteiger partial charge in [0.25, 0.3) is 0 Å². The molecule has 1 aromatic rings. The fourth-order valence-electron chi connectivity index (χ4n) is 2.41. The molecule has 0 saturated heterocycles. The van der Waals surface area contributed by atoms with Gasteiger partial charge in [-0.2, -0.15) is 11.8 Å². The van der Waals surface area contributed by atoms with Gasteiger partial charge in [0.2, 0.25) is 5.56 Å². The summed E-state index contributed by atoms with van der Waals surface area (Å²) in [6, 6.07) is 4.05. The lowest BCUT2D eigenvalue weighted by Crippen LogP contribution is -2.28. The average molecular weight is 252 g/mol. The van der Waals surface area contributed by atoms with Gasteiger partial charge in [-0.1, -0.05) is 6.07 Å². The molecule has 0 aromatic carbocycles. The number of aryl methyl sites for hydroxylation is 1. The molecule has 0 amide bonds. The predicted molar refractivity (Wildman–Crippen MR) is 73.7 cm³/mol. The van der Waals surface area contributed by atoms with Crippen molar-refractivity contribution in [1.29, 1.82) is 0 Å². The Kier molecular flexibility index (Phi) is 4.68. The highest BCUT2D eigenvalue weighted by Gasteiger charge is 2.19. The summed E-state index contributed by atoms with van der Waals surface area (Å²) in [4.78, 5) is 14.2. The molecule has 0 fully saturated rings. The molecule has 1 unspecified atom stereocenters. The number of H-pyrrole nitrogens is 1. The van der Waals surface area contributed by atoms with Gasteiger partial charge in [0.1, 0.15) is 0 Å². The van der Waals surface area contributed by atoms with Crippen LogP contribution in [0.15, 0.2) is 16.9 Å². The van der Waals surface area contributed by atoms with Gasteiger partial charge < -0.3 is 10.3 Å². The Morgan fingerprint density at radius 1 is 1.53 bits per heavy atom. The Bertz CT molecular complexity index is 416. The monoisotopic (exact) mass is 252 g/mol. The van der Waals surface area contributed by atoms with Crippen LogP contribution in [0.4, 0.5) is 0 Å². The van der Waals surface area contributed by atoms with Crippen LogP contribution in [-0.2, 0) is 6.42 Å². The largest absolute Gasteiger partial charge is 0.326 e. The van der Waals surface area contributed by atoms with Crippen LogP contribution < -0.4 is 10.9 Å². The number of hydrogen-bond donors (Lipinski definition) is 2. The summed E-state index contributed by atoms with van der Waals surface area (Å²) >= 11 is 1.89. The molecular weight excluding hydrogens is 232 g/mol. The smallest absolute Gasteiger partial charge is 0.248 e. The third-order valence-electron chi connectivity index (χ3n) is 3.25. The van der Waals surface area contributed by atoms with Crippen molar-refractivity contribution in [3.63, 3.8) is 0 Å². The van der Waals surface area contributed by atoms with E-state index in [1.807, 2.05) is 17.8 Å². The van der Waals surface area contributed by atoms with E-state index >= 15 is 0 Å². The first kappa shape index (κ1) is 12.7. The Balaban J connectivity index is 1.99. The molecule has 2 rings (SSSR count). The fraction of sp³-hybridized carbons (Fsp3) is 0.615. The Morgan fingerprint density at radius 3 is 3.24 bits per heavy atom. The molecule has 4 heteroatoms. The molecule has 3 nitrogen and oxygen atoms in total. The minimum absolute atomic E-state index is 0.0202. The van der Waals surface area contributed by atoms with Gasteiger partial charge in [-0.05, 0) is 49.8 Å². The second kappa shape index (κ2) is 6.26. The van der Waals surface area contributed by atoms with Crippen LogP contribution in [0.1, 0.15) is 36.6 Å². The van der Waals surface area contributed by atoms with Gasteiger partial charge >= 0.3 is 0 Å². The van der Waals surface area contributed by atoms with Crippen LogP contribution in [0.2, 0.25) is 0 Å². The molecule has 1 aliphatic carbocycles. The third kappa shape index (κ3) is 3.36. The number of fused-ring (bicyclic) bond motifs is 1. The van der Waals surface area contributed by atoms with Crippen LogP contribution in [-0.4, -0.2) is 23.5 Å². The Morgan fingerprint density at radius 2 is 2.41 bits per heavy atom. The SMILES string of the molecule is CSCCCNC1CCCc2[nH]c(=O)ccc21. The Hall–Kier alpha value is -0.740. The molecule has 0 spiro atoms. The summed E-state index contributed by atoms with van der Waals surface area (Å²) in [5.41, 5.74) is 2.44. The third-order valence-corrected chi connectivity index (χ3v) is 3.94. The zero-order valence-corrected chi connectivity index (χ0v) is 11.1. The van der Waals surface area contributed by atoms with E-state index in [4.69, 9.17) is 0 Å². The van der Waals surface area contributed by atoms with Gasteiger partial charge in [0.05, 0.1) is 0 Å². The Labute approximate surface area is 106 Å². The molecule has 94 valence electrons. The van der Waals surface area contributed by atoms with Crippen molar-refractivity contribution >= 4 is 11.8 Å². The molecule has 2 N–H and O–H groups in total. The van der Waals surface area contributed by atoms with Gasteiger partial charge in [0.15, 0.2) is 0 Å². The van der Waals surface area contributed by atoms with E-state index in [9.17, 15) is 4.79 Å². The van der Waals surface area contributed by atoms with Gasteiger partial charge in [-0.3, -0.25) is 4.79 Å². The van der Waals surface area contributed by atoms with Crippen molar-refractivity contribution < 1.29 is 0 Å². The van der Waals surface area contributed by atoms with Gasteiger partial charge in [0, 0.05) is 17.8 Å². The van der Waals surface area contributed by atoms with E-state index in [1.54, 1.807) is 6.07 Å². The zero-order valence-electron chi connectivity index (χ0n) is 10.3. The van der Waals surface area contributed by atoms with Crippen molar-refractivity contribution in [1.82, 2.24) is 10.3 Å². The molecular formula is C13H20N2OS. The minimum atomic E-state index is 0.0202.